The molecule has 5 aliphatic rings. The van der Waals surface area contributed by atoms with Crippen LogP contribution in [0.5, 0.6) is 0 Å². The van der Waals surface area contributed by atoms with Crippen molar-refractivity contribution < 1.29 is 38.1 Å². The zero-order chi connectivity index (χ0) is 42.9. The Balaban J connectivity index is 1.50. The highest BCUT2D eigenvalue weighted by Gasteiger charge is 2.56. The molecule has 0 spiro atoms. The molecule has 4 saturated heterocycles. The summed E-state index contributed by atoms with van der Waals surface area (Å²) in [6, 6.07) is 0. The maximum Gasteiger partial charge on any atom is 0.309 e. The van der Waals surface area contributed by atoms with Crippen molar-refractivity contribution in [2.24, 2.45) is 23.7 Å². The smallest absolute Gasteiger partial charge is 0.309 e. The standard InChI is InChI=1S/C45H78N4O8/c1-38(2)18-26(19-39(3,4)46-38)34(50)54-30-17-31(55-35(51)27-20-40(5,6)47-41(7,8)21-27)33(57-37(53)29-24-44(13,14)49-45(15,16)25-29)32(30)56-36(52)28-22-42(9,10)48-43(11,12)23-28/h26-33,46-49H,17-25H2,1-16H3. The van der Waals surface area contributed by atoms with Crippen LogP contribution in [0.4, 0.5) is 0 Å². The topological polar surface area (TPSA) is 153 Å². The first-order valence-electron chi connectivity index (χ1n) is 21.6. The highest BCUT2D eigenvalue weighted by Crippen LogP contribution is 2.42. The number of hydrogen-bond donors (Lipinski definition) is 4. The van der Waals surface area contributed by atoms with E-state index in [0.29, 0.717) is 51.4 Å². The molecular formula is C45H78N4O8. The van der Waals surface area contributed by atoms with E-state index >= 15 is 0 Å². The largest absolute Gasteiger partial charge is 0.458 e. The Labute approximate surface area is 343 Å². The molecule has 0 aromatic carbocycles. The summed E-state index contributed by atoms with van der Waals surface area (Å²) in [4.78, 5) is 57.3. The molecule has 4 atom stereocenters. The first-order valence-corrected chi connectivity index (χ1v) is 21.6. The predicted molar refractivity (Wildman–Crippen MR) is 220 cm³/mol. The molecule has 0 aromatic heterocycles. The molecule has 4 heterocycles. The third kappa shape index (κ3) is 11.9. The molecule has 1 aliphatic carbocycles. The molecule has 0 bridgehead atoms. The monoisotopic (exact) mass is 803 g/mol. The third-order valence-electron chi connectivity index (χ3n) is 12.7. The van der Waals surface area contributed by atoms with E-state index in [-0.39, 0.29) is 50.7 Å². The lowest BCUT2D eigenvalue weighted by Gasteiger charge is -2.46. The molecule has 0 radical (unpaired) electrons. The second-order valence-corrected chi connectivity index (χ2v) is 24.0. The van der Waals surface area contributed by atoms with Crippen LogP contribution in [-0.4, -0.2) is 92.6 Å². The summed E-state index contributed by atoms with van der Waals surface area (Å²) in [7, 11) is 0. The van der Waals surface area contributed by atoms with Crippen molar-refractivity contribution in [1.82, 2.24) is 21.3 Å². The van der Waals surface area contributed by atoms with Crippen LogP contribution in [0.2, 0.25) is 0 Å². The summed E-state index contributed by atoms with van der Waals surface area (Å²) in [5.41, 5.74) is -2.61. The number of piperidine rings is 4. The van der Waals surface area contributed by atoms with Crippen LogP contribution >= 0.6 is 0 Å². The van der Waals surface area contributed by atoms with Gasteiger partial charge in [-0.3, -0.25) is 19.2 Å². The molecule has 12 nitrogen and oxygen atoms in total. The Morgan fingerprint density at radius 2 is 0.509 bits per heavy atom. The molecule has 5 rings (SSSR count). The van der Waals surface area contributed by atoms with Crippen LogP contribution in [0.15, 0.2) is 0 Å². The molecule has 326 valence electrons. The summed E-state index contributed by atoms with van der Waals surface area (Å²) in [5, 5.41) is 14.5. The SMILES string of the molecule is CC1(C)CC(C(=O)OC2CC(OC(=O)C3CC(C)(C)NC(C)(C)C3)C(OC(=O)C3CC(C)(C)NC(C)(C)C3)C2OC(=O)C2CC(C)(C)NC(C)(C)C2)CC(C)(C)N1. The van der Waals surface area contributed by atoms with E-state index in [0.717, 1.165) is 0 Å². The summed E-state index contributed by atoms with van der Waals surface area (Å²) in [5.74, 6) is -3.41. The highest BCUT2D eigenvalue weighted by molar-refractivity contribution is 5.76. The van der Waals surface area contributed by atoms with Gasteiger partial charge in [-0.25, -0.2) is 0 Å². The van der Waals surface area contributed by atoms with Crippen LogP contribution in [0, 0.1) is 23.7 Å². The van der Waals surface area contributed by atoms with Gasteiger partial charge < -0.3 is 40.2 Å². The highest BCUT2D eigenvalue weighted by atomic mass is 16.6. The van der Waals surface area contributed by atoms with Crippen molar-refractivity contribution in [3.05, 3.63) is 0 Å². The number of hydrogen-bond acceptors (Lipinski definition) is 12. The quantitative estimate of drug-likeness (QED) is 0.162. The van der Waals surface area contributed by atoms with Gasteiger partial charge in [-0.15, -0.1) is 0 Å². The van der Waals surface area contributed by atoms with E-state index in [4.69, 9.17) is 18.9 Å². The summed E-state index contributed by atoms with van der Waals surface area (Å²) >= 11 is 0. The number of carbonyl (C=O) groups is 4. The molecule has 4 aliphatic heterocycles. The van der Waals surface area contributed by atoms with Crippen molar-refractivity contribution in [2.75, 3.05) is 0 Å². The molecule has 4 N–H and O–H groups in total. The molecule has 0 aromatic rings. The number of rotatable bonds is 8. The number of carbonyl (C=O) groups excluding carboxylic acids is 4. The zero-order valence-corrected chi connectivity index (χ0v) is 38.2. The minimum absolute atomic E-state index is 0.0370. The maximum absolute atomic E-state index is 14.4. The molecule has 57 heavy (non-hydrogen) atoms. The van der Waals surface area contributed by atoms with Crippen LogP contribution in [0.3, 0.4) is 0 Å². The fraction of sp³-hybridized carbons (Fsp3) is 0.911. The normalized spacial score (nSPS) is 33.1. The van der Waals surface area contributed by atoms with Gasteiger partial charge in [0.2, 0.25) is 0 Å². The summed E-state index contributed by atoms with van der Waals surface area (Å²) in [6.45, 7) is 33.2. The third-order valence-corrected chi connectivity index (χ3v) is 12.7. The molecule has 5 fully saturated rings. The van der Waals surface area contributed by atoms with E-state index in [1.807, 2.05) is 0 Å². The minimum atomic E-state index is -1.17. The van der Waals surface area contributed by atoms with Gasteiger partial charge in [-0.2, -0.15) is 0 Å². The predicted octanol–water partition coefficient (Wildman–Crippen LogP) is 6.26. The van der Waals surface area contributed by atoms with E-state index in [1.165, 1.54) is 0 Å². The van der Waals surface area contributed by atoms with Crippen LogP contribution < -0.4 is 21.3 Å². The van der Waals surface area contributed by atoms with E-state index in [1.54, 1.807) is 0 Å². The summed E-state index contributed by atoms with van der Waals surface area (Å²) in [6.07, 6.45) is 0.0902. The second-order valence-electron chi connectivity index (χ2n) is 24.0. The van der Waals surface area contributed by atoms with Crippen molar-refractivity contribution in [3.8, 4) is 0 Å². The number of nitrogens with one attached hydrogen (secondary N) is 4. The fourth-order valence-corrected chi connectivity index (χ4v) is 12.3. The van der Waals surface area contributed by atoms with Crippen molar-refractivity contribution in [2.45, 2.75) is 237 Å². The van der Waals surface area contributed by atoms with Crippen molar-refractivity contribution in [3.63, 3.8) is 0 Å². The van der Waals surface area contributed by atoms with Crippen molar-refractivity contribution >= 4 is 23.9 Å². The zero-order valence-electron chi connectivity index (χ0n) is 38.2. The fourth-order valence-electron chi connectivity index (χ4n) is 12.3. The minimum Gasteiger partial charge on any atom is -0.458 e. The van der Waals surface area contributed by atoms with Gasteiger partial charge in [0, 0.05) is 50.7 Å². The van der Waals surface area contributed by atoms with Gasteiger partial charge in [0.15, 0.2) is 12.2 Å². The van der Waals surface area contributed by atoms with E-state index in [9.17, 15) is 19.2 Å². The first-order chi connectivity index (χ1) is 25.6. The van der Waals surface area contributed by atoms with Gasteiger partial charge in [0.05, 0.1) is 23.7 Å². The van der Waals surface area contributed by atoms with E-state index < -0.39 is 72.0 Å². The molecular weight excluding hydrogens is 725 g/mol. The molecule has 0 amide bonds. The Hall–Kier alpha value is -2.28. The lowest BCUT2D eigenvalue weighted by molar-refractivity contribution is -0.191. The Bertz CT molecular complexity index is 1370. The summed E-state index contributed by atoms with van der Waals surface area (Å²) < 4.78 is 25.8. The Kier molecular flexibility index (Phi) is 12.3. The number of esters is 4. The maximum atomic E-state index is 14.4. The lowest BCUT2D eigenvalue weighted by Crippen LogP contribution is -2.60. The van der Waals surface area contributed by atoms with Gasteiger partial charge in [-0.05, 0) is 162 Å². The Morgan fingerprint density at radius 3 is 0.702 bits per heavy atom. The molecule has 4 unspecified atom stereocenters. The first kappa shape index (κ1) is 45.8. The average Bonchev–Trinajstić information content (AvgIpc) is 3.24. The Morgan fingerprint density at radius 1 is 0.333 bits per heavy atom. The van der Waals surface area contributed by atoms with Gasteiger partial charge in [-0.1, -0.05) is 0 Å². The number of ether oxygens (including phenoxy) is 4. The van der Waals surface area contributed by atoms with Crippen LogP contribution in [-0.2, 0) is 38.1 Å². The van der Waals surface area contributed by atoms with Gasteiger partial charge >= 0.3 is 23.9 Å². The van der Waals surface area contributed by atoms with Gasteiger partial charge in [0.25, 0.3) is 0 Å². The molecule has 12 heteroatoms. The van der Waals surface area contributed by atoms with Crippen LogP contribution in [0.1, 0.15) is 169 Å². The van der Waals surface area contributed by atoms with Gasteiger partial charge in [0.1, 0.15) is 12.2 Å². The van der Waals surface area contributed by atoms with E-state index in [2.05, 4.69) is 132 Å². The van der Waals surface area contributed by atoms with Crippen molar-refractivity contribution in [1.29, 1.82) is 0 Å². The second kappa shape index (κ2) is 15.3. The molecule has 1 saturated carbocycles. The average molecular weight is 803 g/mol. The van der Waals surface area contributed by atoms with Crippen LogP contribution in [0.25, 0.3) is 0 Å². The lowest BCUT2D eigenvalue weighted by atomic mass is 9.76.